The Balaban J connectivity index is 1.31. The average molecular weight is 869 g/mol. The Labute approximate surface area is 371 Å². The number of unbranched alkanes of at least 4 members (excludes halogenated alkanes) is 1. The van der Waals surface area contributed by atoms with Crippen molar-refractivity contribution in [3.05, 3.63) is 137 Å². The lowest BCUT2D eigenvalue weighted by Crippen LogP contribution is -2.63. The summed E-state index contributed by atoms with van der Waals surface area (Å²) in [5.74, 6) is -3.65. The Morgan fingerprint density at radius 2 is 1.16 bits per heavy atom. The molecule has 64 heavy (non-hydrogen) atoms. The van der Waals surface area contributed by atoms with Crippen molar-refractivity contribution in [2.45, 2.75) is 101 Å². The van der Waals surface area contributed by atoms with Gasteiger partial charge in [-0.3, -0.25) is 28.8 Å². The molecule has 2 aliphatic rings. The van der Waals surface area contributed by atoms with Crippen molar-refractivity contribution in [1.29, 1.82) is 0 Å². The van der Waals surface area contributed by atoms with Gasteiger partial charge in [0, 0.05) is 49.3 Å². The van der Waals surface area contributed by atoms with Gasteiger partial charge in [0.05, 0.1) is 0 Å². The molecule has 0 aliphatic carbocycles. The highest BCUT2D eigenvalue weighted by Crippen LogP contribution is 2.26. The highest BCUT2D eigenvalue weighted by atomic mass is 16.3. The van der Waals surface area contributed by atoms with Crippen LogP contribution in [-0.4, -0.2) is 93.2 Å². The lowest BCUT2D eigenvalue weighted by atomic mass is 9.91. The summed E-state index contributed by atoms with van der Waals surface area (Å²) in [4.78, 5) is 92.3. The lowest BCUT2D eigenvalue weighted by molar-refractivity contribution is -0.145. The maximum absolute atomic E-state index is 15.0. The van der Waals surface area contributed by atoms with Gasteiger partial charge in [-0.15, -0.1) is 0 Å². The summed E-state index contributed by atoms with van der Waals surface area (Å²) in [5.41, 5.74) is 10.4. The van der Waals surface area contributed by atoms with E-state index < -0.39 is 71.7 Å². The molecular weight excluding hydrogens is 813 g/mol. The Kier molecular flexibility index (Phi) is 14.7. The van der Waals surface area contributed by atoms with E-state index in [1.54, 1.807) is 25.3 Å². The fraction of sp³-hybridized carbons (Fsp3) is 0.347. The van der Waals surface area contributed by atoms with Gasteiger partial charge in [0.2, 0.25) is 35.4 Å². The molecule has 5 aromatic rings. The lowest BCUT2D eigenvalue weighted by Gasteiger charge is -2.39. The van der Waals surface area contributed by atoms with Crippen molar-refractivity contribution in [3.8, 4) is 5.75 Å². The monoisotopic (exact) mass is 868 g/mol. The standard InChI is InChI=1S/C49H56N8O7/c1-2-37-44(59)56-42(25-30-12-4-3-5-13-30)49(64)57-29-33-15-7-6-14-32(33)27-43(57)48(63)55-40(24-31-19-21-35(58)22-20-31)46(61)54-41(26-34-28-51-38-17-9-8-16-36(34)38)47(62)53-39(45(60)52-37)18-10-11-23-50/h3-9,12-17,19-22,28,37,39-43,51,58H,2,10-11,18,23-27,29,50H2,1H3,(H,52,60)(H,53,62)(H,54,61)(H,55,63)(H,56,59)/t37-,39-,40-,41+,42-,43-/m0/s1. The van der Waals surface area contributed by atoms with Crippen LogP contribution in [0.1, 0.15) is 60.4 Å². The van der Waals surface area contributed by atoms with Crippen LogP contribution in [0.4, 0.5) is 0 Å². The molecule has 0 unspecified atom stereocenters. The van der Waals surface area contributed by atoms with E-state index in [0.717, 1.165) is 33.2 Å². The molecule has 1 aromatic heterocycles. The minimum absolute atomic E-state index is 0.0138. The molecule has 4 aromatic carbocycles. The van der Waals surface area contributed by atoms with Crippen molar-refractivity contribution in [1.82, 2.24) is 36.5 Å². The van der Waals surface area contributed by atoms with Crippen molar-refractivity contribution < 1.29 is 33.9 Å². The van der Waals surface area contributed by atoms with Crippen LogP contribution < -0.4 is 32.3 Å². The number of aromatic nitrogens is 1. The zero-order valence-corrected chi connectivity index (χ0v) is 35.8. The Morgan fingerprint density at radius 1 is 0.594 bits per heavy atom. The number of benzene rings is 4. The first-order valence-electron chi connectivity index (χ1n) is 22.0. The number of nitrogens with zero attached hydrogens (tertiary/aromatic N) is 1. The van der Waals surface area contributed by atoms with Gasteiger partial charge in [0.1, 0.15) is 42.0 Å². The fourth-order valence-corrected chi connectivity index (χ4v) is 8.52. The number of para-hydroxylation sites is 1. The van der Waals surface area contributed by atoms with Crippen molar-refractivity contribution in [3.63, 3.8) is 0 Å². The maximum Gasteiger partial charge on any atom is 0.246 e. The molecule has 6 atom stereocenters. The molecule has 2 aliphatic heterocycles. The highest BCUT2D eigenvalue weighted by Gasteiger charge is 2.41. The number of fused-ring (bicyclic) bond motifs is 3. The summed E-state index contributed by atoms with van der Waals surface area (Å²) in [5, 5.41) is 25.4. The molecule has 6 amide bonds. The number of carbonyl (C=O) groups excluding carboxylic acids is 6. The van der Waals surface area contributed by atoms with Crippen LogP contribution in [0.3, 0.4) is 0 Å². The molecule has 15 nitrogen and oxygen atoms in total. The second-order valence-electron chi connectivity index (χ2n) is 16.6. The van der Waals surface area contributed by atoms with Crippen LogP contribution in [0.5, 0.6) is 5.75 Å². The second kappa shape index (κ2) is 20.9. The Morgan fingerprint density at radius 3 is 1.89 bits per heavy atom. The van der Waals surface area contributed by atoms with E-state index in [9.17, 15) is 29.1 Å². The van der Waals surface area contributed by atoms with Gasteiger partial charge in [0.15, 0.2) is 0 Å². The molecule has 9 N–H and O–H groups in total. The zero-order valence-electron chi connectivity index (χ0n) is 35.8. The van der Waals surface area contributed by atoms with Gasteiger partial charge in [-0.25, -0.2) is 0 Å². The third-order valence-corrected chi connectivity index (χ3v) is 12.1. The number of nitrogens with one attached hydrogen (secondary N) is 6. The van der Waals surface area contributed by atoms with Crippen LogP contribution in [0, 0.1) is 0 Å². The fourth-order valence-electron chi connectivity index (χ4n) is 8.52. The van der Waals surface area contributed by atoms with Gasteiger partial charge < -0.3 is 47.3 Å². The Bertz CT molecular complexity index is 2460. The van der Waals surface area contributed by atoms with Crippen molar-refractivity contribution >= 4 is 46.3 Å². The minimum Gasteiger partial charge on any atom is -0.508 e. The van der Waals surface area contributed by atoms with Gasteiger partial charge >= 0.3 is 0 Å². The predicted molar refractivity (Wildman–Crippen MR) is 241 cm³/mol. The quantitative estimate of drug-likeness (QED) is 0.0920. The number of hydrogen-bond donors (Lipinski definition) is 8. The highest BCUT2D eigenvalue weighted by molar-refractivity contribution is 5.99. The van der Waals surface area contributed by atoms with Gasteiger partial charge in [-0.05, 0) is 78.2 Å². The smallest absolute Gasteiger partial charge is 0.246 e. The summed E-state index contributed by atoms with van der Waals surface area (Å²) in [6.45, 7) is 2.14. The first-order chi connectivity index (χ1) is 31.0. The summed E-state index contributed by atoms with van der Waals surface area (Å²) in [7, 11) is 0. The van der Waals surface area contributed by atoms with E-state index in [-0.39, 0.29) is 50.8 Å². The van der Waals surface area contributed by atoms with Gasteiger partial charge in [-0.1, -0.05) is 91.9 Å². The zero-order chi connectivity index (χ0) is 45.2. The molecule has 1 fully saturated rings. The van der Waals surface area contributed by atoms with E-state index in [1.807, 2.05) is 78.9 Å². The summed E-state index contributed by atoms with van der Waals surface area (Å²) in [6, 6.07) is 23.5. The number of hydrogen-bond acceptors (Lipinski definition) is 8. The molecule has 15 heteroatoms. The molecule has 334 valence electrons. The van der Waals surface area contributed by atoms with Crippen LogP contribution in [0.25, 0.3) is 10.9 Å². The number of H-pyrrole nitrogens is 1. The number of carbonyl (C=O) groups is 6. The number of amides is 6. The van der Waals surface area contributed by atoms with E-state index in [1.165, 1.54) is 17.0 Å². The van der Waals surface area contributed by atoms with Gasteiger partial charge in [0.25, 0.3) is 0 Å². The number of aromatic amines is 1. The molecule has 7 rings (SSSR count). The molecule has 3 heterocycles. The molecule has 0 radical (unpaired) electrons. The molecule has 0 bridgehead atoms. The summed E-state index contributed by atoms with van der Waals surface area (Å²) >= 11 is 0. The number of aromatic hydroxyl groups is 1. The number of nitrogens with two attached hydrogens (primary N) is 1. The largest absolute Gasteiger partial charge is 0.508 e. The molecule has 0 saturated carbocycles. The second-order valence-corrected chi connectivity index (χ2v) is 16.6. The van der Waals surface area contributed by atoms with E-state index in [0.29, 0.717) is 24.9 Å². The summed E-state index contributed by atoms with van der Waals surface area (Å²) in [6.07, 6.45) is 3.35. The third kappa shape index (κ3) is 11.0. The third-order valence-electron chi connectivity index (χ3n) is 12.1. The topological polar surface area (TPSA) is 228 Å². The molecular formula is C49H56N8O7. The van der Waals surface area contributed by atoms with E-state index in [2.05, 4.69) is 31.6 Å². The summed E-state index contributed by atoms with van der Waals surface area (Å²) < 4.78 is 0. The van der Waals surface area contributed by atoms with Crippen molar-refractivity contribution in [2.24, 2.45) is 5.73 Å². The van der Waals surface area contributed by atoms with Gasteiger partial charge in [-0.2, -0.15) is 0 Å². The minimum atomic E-state index is -1.27. The SMILES string of the molecule is CC[C@@H]1NC(=O)[C@H](CCCCN)NC(=O)[C@@H](Cc2c[nH]c3ccccc23)NC(=O)[C@H](Cc2ccc(O)cc2)NC(=O)[C@@H]2Cc3ccccc3CN2C(=O)[C@H](Cc2ccccc2)NC1=O. The van der Waals surface area contributed by atoms with Crippen LogP contribution >= 0.6 is 0 Å². The predicted octanol–water partition coefficient (Wildman–Crippen LogP) is 2.83. The normalized spacial score (nSPS) is 22.5. The molecule has 0 spiro atoms. The average Bonchev–Trinajstić information content (AvgIpc) is 3.72. The first-order valence-corrected chi connectivity index (χ1v) is 22.0. The van der Waals surface area contributed by atoms with E-state index in [4.69, 9.17) is 5.73 Å². The van der Waals surface area contributed by atoms with E-state index >= 15 is 4.79 Å². The van der Waals surface area contributed by atoms with Crippen LogP contribution in [-0.2, 0) is 61.0 Å². The number of phenolic OH excluding ortho intramolecular Hbond substituents is 1. The van der Waals surface area contributed by atoms with Crippen LogP contribution in [0.2, 0.25) is 0 Å². The first kappa shape index (κ1) is 45.0. The molecule has 1 saturated heterocycles. The Hall–Kier alpha value is -7.00. The maximum atomic E-state index is 15.0. The number of rotatable bonds is 11. The number of phenols is 1. The van der Waals surface area contributed by atoms with Crippen LogP contribution in [0.15, 0.2) is 109 Å². The van der Waals surface area contributed by atoms with Crippen molar-refractivity contribution in [2.75, 3.05) is 6.54 Å².